The minimum absolute atomic E-state index is 0.0229. The monoisotopic (exact) mass is 474 g/mol. The van der Waals surface area contributed by atoms with Crippen molar-refractivity contribution in [3.05, 3.63) is 64.7 Å². The summed E-state index contributed by atoms with van der Waals surface area (Å²) in [6, 6.07) is 15.4. The van der Waals surface area contributed by atoms with Gasteiger partial charge in [-0.1, -0.05) is 62.2 Å². The van der Waals surface area contributed by atoms with Crippen molar-refractivity contribution in [3.8, 4) is 0 Å². The lowest BCUT2D eigenvalue weighted by Crippen LogP contribution is -2.49. The van der Waals surface area contributed by atoms with Crippen LogP contribution < -0.4 is 5.32 Å². The van der Waals surface area contributed by atoms with Crippen LogP contribution in [0.5, 0.6) is 0 Å². The Balaban J connectivity index is 2.04. The van der Waals surface area contributed by atoms with Gasteiger partial charge in [-0.2, -0.15) is 0 Å². The maximum absolute atomic E-state index is 13.3. The first-order valence-electron chi connectivity index (χ1n) is 11.3. The maximum Gasteiger partial charge on any atom is 0.242 e. The first-order chi connectivity index (χ1) is 15.3. The molecule has 0 bridgehead atoms. The highest BCUT2D eigenvalue weighted by atomic mass is 35.5. The first kappa shape index (κ1) is 26.3. The van der Waals surface area contributed by atoms with Crippen LogP contribution in [0.2, 0.25) is 5.02 Å². The van der Waals surface area contributed by atoms with Gasteiger partial charge in [0.05, 0.1) is 0 Å². The lowest BCUT2D eigenvalue weighted by Gasteiger charge is -2.31. The number of nitrogens with one attached hydrogen (secondary N) is 1. The molecule has 0 saturated carbocycles. The fraction of sp³-hybridized carbons (Fsp3) is 0.462. The van der Waals surface area contributed by atoms with Crippen molar-refractivity contribution in [3.63, 3.8) is 0 Å². The average Bonchev–Trinajstić information content (AvgIpc) is 2.76. The normalized spacial score (nSPS) is 11.9. The van der Waals surface area contributed by atoms with Crippen molar-refractivity contribution in [2.75, 3.05) is 12.3 Å². The molecule has 174 valence electrons. The molecule has 0 aliphatic carbocycles. The number of benzene rings is 2. The van der Waals surface area contributed by atoms with E-state index in [4.69, 9.17) is 11.6 Å². The van der Waals surface area contributed by atoms with E-state index in [-0.39, 0.29) is 11.8 Å². The van der Waals surface area contributed by atoms with Crippen LogP contribution in [0.4, 0.5) is 0 Å². The number of hydrogen-bond acceptors (Lipinski definition) is 3. The summed E-state index contributed by atoms with van der Waals surface area (Å²) < 4.78 is 0. The first-order valence-corrected chi connectivity index (χ1v) is 12.7. The van der Waals surface area contributed by atoms with Crippen LogP contribution in [0.3, 0.4) is 0 Å². The van der Waals surface area contributed by atoms with Crippen molar-refractivity contribution < 1.29 is 9.59 Å². The molecule has 0 aliphatic heterocycles. The SMILES string of the molecule is CC[C@H](C(=O)NCC(C)C)N(Cc1cccc(C)c1)C(=O)CCCSc1ccc(Cl)cc1. The molecule has 2 amide bonds. The zero-order valence-electron chi connectivity index (χ0n) is 19.6. The topological polar surface area (TPSA) is 49.4 Å². The summed E-state index contributed by atoms with van der Waals surface area (Å²) in [6.07, 6.45) is 1.75. The van der Waals surface area contributed by atoms with Crippen LogP contribution in [-0.4, -0.2) is 35.1 Å². The second kappa shape index (κ2) is 13.5. The summed E-state index contributed by atoms with van der Waals surface area (Å²) in [5.74, 6) is 1.15. The molecular weight excluding hydrogens is 440 g/mol. The molecule has 6 heteroatoms. The molecule has 32 heavy (non-hydrogen) atoms. The third-order valence-corrected chi connectivity index (χ3v) is 6.47. The van der Waals surface area contributed by atoms with E-state index in [1.165, 1.54) is 0 Å². The second-order valence-electron chi connectivity index (χ2n) is 8.48. The third-order valence-electron chi connectivity index (χ3n) is 5.12. The van der Waals surface area contributed by atoms with Crippen molar-refractivity contribution in [1.82, 2.24) is 10.2 Å². The summed E-state index contributed by atoms with van der Waals surface area (Å²) in [5, 5.41) is 3.73. The predicted molar refractivity (Wildman–Crippen MR) is 135 cm³/mol. The Morgan fingerprint density at radius 1 is 1.12 bits per heavy atom. The number of thioether (sulfide) groups is 1. The van der Waals surface area contributed by atoms with Gasteiger partial charge in [-0.05, 0) is 61.3 Å². The Labute approximate surface area is 202 Å². The number of amides is 2. The number of rotatable bonds is 12. The van der Waals surface area contributed by atoms with Gasteiger partial charge in [0.1, 0.15) is 6.04 Å². The lowest BCUT2D eigenvalue weighted by atomic mass is 10.1. The Bertz CT molecular complexity index is 870. The third kappa shape index (κ3) is 8.87. The van der Waals surface area contributed by atoms with Gasteiger partial charge in [0.15, 0.2) is 0 Å². The highest BCUT2D eigenvalue weighted by Crippen LogP contribution is 2.22. The maximum atomic E-state index is 13.3. The summed E-state index contributed by atoms with van der Waals surface area (Å²) in [5.41, 5.74) is 2.19. The van der Waals surface area contributed by atoms with Gasteiger partial charge in [-0.3, -0.25) is 9.59 Å². The van der Waals surface area contributed by atoms with E-state index in [1.807, 2.05) is 56.3 Å². The van der Waals surface area contributed by atoms with E-state index in [0.717, 1.165) is 33.2 Å². The second-order valence-corrected chi connectivity index (χ2v) is 10.1. The Kier molecular flexibility index (Phi) is 11.1. The molecule has 0 fully saturated rings. The van der Waals surface area contributed by atoms with E-state index in [1.54, 1.807) is 16.7 Å². The number of aryl methyl sites for hydroxylation is 1. The zero-order valence-corrected chi connectivity index (χ0v) is 21.1. The van der Waals surface area contributed by atoms with Gasteiger partial charge in [-0.25, -0.2) is 0 Å². The Morgan fingerprint density at radius 3 is 2.47 bits per heavy atom. The molecule has 0 heterocycles. The highest BCUT2D eigenvalue weighted by molar-refractivity contribution is 7.99. The van der Waals surface area contributed by atoms with Crippen LogP contribution in [0, 0.1) is 12.8 Å². The van der Waals surface area contributed by atoms with E-state index in [0.29, 0.717) is 31.8 Å². The fourth-order valence-corrected chi connectivity index (χ4v) is 4.42. The summed E-state index contributed by atoms with van der Waals surface area (Å²) in [4.78, 5) is 29.1. The molecule has 0 unspecified atom stereocenters. The smallest absolute Gasteiger partial charge is 0.242 e. The number of nitrogens with zero attached hydrogens (tertiary/aromatic N) is 1. The molecule has 1 atom stereocenters. The van der Waals surface area contributed by atoms with Crippen molar-refractivity contribution >= 4 is 35.2 Å². The van der Waals surface area contributed by atoms with Gasteiger partial charge < -0.3 is 10.2 Å². The van der Waals surface area contributed by atoms with Crippen molar-refractivity contribution in [2.45, 2.75) is 64.4 Å². The standard InChI is InChI=1S/C26H35ClN2O2S/c1-5-24(26(31)28-17-19(2)3)29(18-21-9-6-8-20(4)16-21)25(30)10-7-15-32-23-13-11-22(27)12-14-23/h6,8-9,11-14,16,19,24H,5,7,10,15,17-18H2,1-4H3,(H,28,31)/t24-/m1/s1. The molecule has 0 aromatic heterocycles. The minimum Gasteiger partial charge on any atom is -0.354 e. The summed E-state index contributed by atoms with van der Waals surface area (Å²) in [6.45, 7) is 9.19. The zero-order chi connectivity index (χ0) is 23.5. The number of carbonyl (C=O) groups excluding carboxylic acids is 2. The molecule has 0 spiro atoms. The van der Waals surface area contributed by atoms with Crippen LogP contribution in [0.15, 0.2) is 53.4 Å². The predicted octanol–water partition coefficient (Wildman–Crippen LogP) is 6.10. The molecule has 2 aromatic carbocycles. The number of hydrogen-bond donors (Lipinski definition) is 1. The number of carbonyl (C=O) groups is 2. The van der Waals surface area contributed by atoms with Gasteiger partial charge in [0.25, 0.3) is 0 Å². The molecule has 1 N–H and O–H groups in total. The average molecular weight is 475 g/mol. The van der Waals surface area contributed by atoms with Crippen molar-refractivity contribution in [2.24, 2.45) is 5.92 Å². The fourth-order valence-electron chi connectivity index (χ4n) is 3.44. The molecule has 0 radical (unpaired) electrons. The van der Waals surface area contributed by atoms with E-state index in [9.17, 15) is 9.59 Å². The molecule has 0 aliphatic rings. The minimum atomic E-state index is -0.467. The van der Waals surface area contributed by atoms with Crippen LogP contribution in [0.25, 0.3) is 0 Å². The van der Waals surface area contributed by atoms with Gasteiger partial charge in [0.2, 0.25) is 11.8 Å². The van der Waals surface area contributed by atoms with E-state index >= 15 is 0 Å². The van der Waals surface area contributed by atoms with Gasteiger partial charge >= 0.3 is 0 Å². The van der Waals surface area contributed by atoms with Crippen LogP contribution in [0.1, 0.15) is 51.2 Å². The lowest BCUT2D eigenvalue weighted by molar-refractivity contribution is -0.141. The molecule has 2 aromatic rings. The van der Waals surface area contributed by atoms with E-state index in [2.05, 4.69) is 25.2 Å². The van der Waals surface area contributed by atoms with Gasteiger partial charge in [0, 0.05) is 29.4 Å². The van der Waals surface area contributed by atoms with Gasteiger partial charge in [-0.15, -0.1) is 11.8 Å². The quantitative estimate of drug-likeness (QED) is 0.298. The van der Waals surface area contributed by atoms with Crippen LogP contribution in [-0.2, 0) is 16.1 Å². The molecule has 2 rings (SSSR count). The molecular formula is C26H35ClN2O2S. The number of halogens is 1. The Hall–Kier alpha value is -1.98. The molecule has 4 nitrogen and oxygen atoms in total. The largest absolute Gasteiger partial charge is 0.354 e. The van der Waals surface area contributed by atoms with Crippen molar-refractivity contribution in [1.29, 1.82) is 0 Å². The van der Waals surface area contributed by atoms with Crippen LogP contribution >= 0.6 is 23.4 Å². The summed E-state index contributed by atoms with van der Waals surface area (Å²) >= 11 is 7.65. The highest BCUT2D eigenvalue weighted by Gasteiger charge is 2.28. The summed E-state index contributed by atoms with van der Waals surface area (Å²) in [7, 11) is 0. The van der Waals surface area contributed by atoms with E-state index < -0.39 is 6.04 Å². The Morgan fingerprint density at radius 2 is 1.84 bits per heavy atom. The molecule has 0 saturated heterocycles.